The predicted molar refractivity (Wildman–Crippen MR) is 86.6 cm³/mol. The molecule has 1 saturated carbocycles. The van der Waals surface area contributed by atoms with Gasteiger partial charge in [0.15, 0.2) is 0 Å². The molecule has 1 atom stereocenters. The lowest BCUT2D eigenvalue weighted by Gasteiger charge is -2.11. The minimum absolute atomic E-state index is 0.121. The number of amides is 1. The number of halogens is 2. The molecule has 21 heavy (non-hydrogen) atoms. The Labute approximate surface area is 134 Å². The molecule has 2 aromatic carbocycles. The molecule has 0 spiro atoms. The first-order valence-electron chi connectivity index (χ1n) is 6.94. The van der Waals surface area contributed by atoms with E-state index in [1.807, 2.05) is 48.5 Å². The molecule has 0 bridgehead atoms. The molecule has 3 rings (SSSR count). The summed E-state index contributed by atoms with van der Waals surface area (Å²) in [6.45, 7) is 0. The van der Waals surface area contributed by atoms with Gasteiger partial charge < -0.3 is 5.32 Å². The average Bonchev–Trinajstić information content (AvgIpc) is 3.31. The molecule has 1 N–H and O–H groups in total. The molecule has 1 amide bonds. The molecule has 2 nitrogen and oxygen atoms in total. The fraction of sp³-hybridized carbons (Fsp3) is 0.235. The third-order valence-electron chi connectivity index (χ3n) is 3.54. The second-order valence-corrected chi connectivity index (χ2v) is 6.09. The quantitative estimate of drug-likeness (QED) is 0.822. The lowest BCUT2D eigenvalue weighted by molar-refractivity contribution is -0.121. The molecule has 0 radical (unpaired) electrons. The Bertz CT molecular complexity index is 650. The SMILES string of the molecule is O=C(NC1CC1)C(Cl)c1ccc(-c2ccccc2Cl)cc1. The van der Waals surface area contributed by atoms with Gasteiger partial charge in [-0.25, -0.2) is 0 Å². The molecule has 1 unspecified atom stereocenters. The van der Waals surface area contributed by atoms with Gasteiger partial charge in [0, 0.05) is 16.6 Å². The van der Waals surface area contributed by atoms with E-state index in [9.17, 15) is 4.79 Å². The van der Waals surface area contributed by atoms with Crippen molar-refractivity contribution in [3.05, 3.63) is 59.1 Å². The Morgan fingerprint density at radius 3 is 2.38 bits per heavy atom. The highest BCUT2D eigenvalue weighted by molar-refractivity contribution is 6.33. The molecule has 108 valence electrons. The molecule has 2 aromatic rings. The largest absolute Gasteiger partial charge is 0.352 e. The minimum Gasteiger partial charge on any atom is -0.352 e. The third-order valence-corrected chi connectivity index (χ3v) is 4.32. The summed E-state index contributed by atoms with van der Waals surface area (Å²) in [4.78, 5) is 11.9. The predicted octanol–water partition coefficient (Wildman–Crippen LogP) is 4.57. The van der Waals surface area contributed by atoms with Crippen LogP contribution in [0.15, 0.2) is 48.5 Å². The van der Waals surface area contributed by atoms with E-state index in [0.29, 0.717) is 11.1 Å². The highest BCUT2D eigenvalue weighted by Crippen LogP contribution is 2.30. The number of hydrogen-bond donors (Lipinski definition) is 1. The van der Waals surface area contributed by atoms with Crippen molar-refractivity contribution in [3.63, 3.8) is 0 Å². The summed E-state index contributed by atoms with van der Waals surface area (Å²) in [5.41, 5.74) is 2.78. The van der Waals surface area contributed by atoms with Crippen LogP contribution >= 0.6 is 23.2 Å². The molecule has 1 aliphatic carbocycles. The topological polar surface area (TPSA) is 29.1 Å². The molecular weight excluding hydrogens is 305 g/mol. The van der Waals surface area contributed by atoms with Crippen molar-refractivity contribution >= 4 is 29.1 Å². The van der Waals surface area contributed by atoms with Gasteiger partial charge in [-0.05, 0) is 30.0 Å². The second-order valence-electron chi connectivity index (χ2n) is 5.25. The summed E-state index contributed by atoms with van der Waals surface area (Å²) >= 11 is 12.4. The summed E-state index contributed by atoms with van der Waals surface area (Å²) in [7, 11) is 0. The van der Waals surface area contributed by atoms with E-state index < -0.39 is 5.38 Å². The van der Waals surface area contributed by atoms with Crippen molar-refractivity contribution in [2.24, 2.45) is 0 Å². The van der Waals surface area contributed by atoms with Gasteiger partial charge in [0.05, 0.1) is 0 Å². The van der Waals surface area contributed by atoms with Crippen LogP contribution in [0.5, 0.6) is 0 Å². The Hall–Kier alpha value is -1.51. The molecule has 1 fully saturated rings. The van der Waals surface area contributed by atoms with Crippen molar-refractivity contribution in [1.82, 2.24) is 5.32 Å². The number of nitrogens with one attached hydrogen (secondary N) is 1. The summed E-state index contributed by atoms with van der Waals surface area (Å²) in [6, 6.07) is 15.6. The van der Waals surface area contributed by atoms with Gasteiger partial charge in [-0.1, -0.05) is 54.1 Å². The average molecular weight is 320 g/mol. The number of carbonyl (C=O) groups excluding carboxylic acids is 1. The van der Waals surface area contributed by atoms with Gasteiger partial charge in [0.1, 0.15) is 5.38 Å². The Kier molecular flexibility index (Phi) is 4.18. The third kappa shape index (κ3) is 3.39. The van der Waals surface area contributed by atoms with Crippen molar-refractivity contribution in [2.45, 2.75) is 24.3 Å². The maximum Gasteiger partial charge on any atom is 0.242 e. The maximum absolute atomic E-state index is 11.9. The smallest absolute Gasteiger partial charge is 0.242 e. The van der Waals surface area contributed by atoms with Crippen molar-refractivity contribution < 1.29 is 4.79 Å². The van der Waals surface area contributed by atoms with Gasteiger partial charge in [-0.15, -0.1) is 11.6 Å². The monoisotopic (exact) mass is 319 g/mol. The van der Waals surface area contributed by atoms with E-state index in [1.165, 1.54) is 0 Å². The molecule has 0 heterocycles. The Balaban J connectivity index is 1.77. The fourth-order valence-electron chi connectivity index (χ4n) is 2.18. The van der Waals surface area contributed by atoms with E-state index in [-0.39, 0.29) is 5.91 Å². The Morgan fingerprint density at radius 2 is 1.76 bits per heavy atom. The van der Waals surface area contributed by atoms with Crippen molar-refractivity contribution in [1.29, 1.82) is 0 Å². The molecular formula is C17H15Cl2NO. The van der Waals surface area contributed by atoms with E-state index >= 15 is 0 Å². The number of alkyl halides is 1. The van der Waals surface area contributed by atoms with Crippen LogP contribution in [0.25, 0.3) is 11.1 Å². The van der Waals surface area contributed by atoms with Crippen molar-refractivity contribution in [3.8, 4) is 11.1 Å². The van der Waals surface area contributed by atoms with Crippen LogP contribution in [0.1, 0.15) is 23.8 Å². The van der Waals surface area contributed by atoms with Crippen LogP contribution in [0.3, 0.4) is 0 Å². The first-order chi connectivity index (χ1) is 10.1. The van der Waals surface area contributed by atoms with Gasteiger partial charge in [0.2, 0.25) is 5.91 Å². The molecule has 0 aliphatic heterocycles. The van der Waals surface area contributed by atoms with Crippen molar-refractivity contribution in [2.75, 3.05) is 0 Å². The highest BCUT2D eigenvalue weighted by atomic mass is 35.5. The molecule has 4 heteroatoms. The zero-order valence-corrected chi connectivity index (χ0v) is 12.9. The number of benzene rings is 2. The fourth-order valence-corrected chi connectivity index (χ4v) is 2.63. The van der Waals surface area contributed by atoms with Crippen LogP contribution in [-0.4, -0.2) is 11.9 Å². The van der Waals surface area contributed by atoms with Gasteiger partial charge in [0.25, 0.3) is 0 Å². The first-order valence-corrected chi connectivity index (χ1v) is 7.76. The number of carbonyl (C=O) groups is 1. The number of rotatable bonds is 4. The zero-order chi connectivity index (χ0) is 14.8. The first kappa shape index (κ1) is 14.4. The van der Waals surface area contributed by atoms with E-state index in [0.717, 1.165) is 29.5 Å². The van der Waals surface area contributed by atoms with Crippen LogP contribution in [-0.2, 0) is 4.79 Å². The van der Waals surface area contributed by atoms with Gasteiger partial charge in [-0.2, -0.15) is 0 Å². The zero-order valence-electron chi connectivity index (χ0n) is 11.4. The summed E-state index contributed by atoms with van der Waals surface area (Å²) < 4.78 is 0. The minimum atomic E-state index is -0.647. The lowest BCUT2D eigenvalue weighted by atomic mass is 10.0. The summed E-state index contributed by atoms with van der Waals surface area (Å²) in [6.07, 6.45) is 2.11. The Morgan fingerprint density at radius 1 is 1.10 bits per heavy atom. The van der Waals surface area contributed by atoms with Crippen LogP contribution in [0.2, 0.25) is 5.02 Å². The van der Waals surface area contributed by atoms with Crippen LogP contribution in [0, 0.1) is 0 Å². The molecule has 1 aliphatic rings. The number of hydrogen-bond acceptors (Lipinski definition) is 1. The van der Waals surface area contributed by atoms with Gasteiger partial charge in [-0.3, -0.25) is 4.79 Å². The van der Waals surface area contributed by atoms with Crippen LogP contribution < -0.4 is 5.32 Å². The normalized spacial score (nSPS) is 15.5. The van der Waals surface area contributed by atoms with E-state index in [1.54, 1.807) is 0 Å². The van der Waals surface area contributed by atoms with Gasteiger partial charge >= 0.3 is 0 Å². The second kappa shape index (κ2) is 6.08. The highest BCUT2D eigenvalue weighted by Gasteiger charge is 2.27. The van der Waals surface area contributed by atoms with Crippen LogP contribution in [0.4, 0.5) is 0 Å². The molecule has 0 saturated heterocycles. The standard InChI is InChI=1S/C17H15Cl2NO/c18-15-4-2-1-3-14(15)11-5-7-12(8-6-11)16(19)17(21)20-13-9-10-13/h1-8,13,16H,9-10H2,(H,20,21). The summed E-state index contributed by atoms with van der Waals surface area (Å²) in [5, 5.41) is 2.98. The van der Waals surface area contributed by atoms with E-state index in [2.05, 4.69) is 5.32 Å². The summed E-state index contributed by atoms with van der Waals surface area (Å²) in [5.74, 6) is -0.121. The molecule has 0 aromatic heterocycles. The maximum atomic E-state index is 11.9. The van der Waals surface area contributed by atoms with E-state index in [4.69, 9.17) is 23.2 Å². The lowest BCUT2D eigenvalue weighted by Crippen LogP contribution is -2.28.